The van der Waals surface area contributed by atoms with E-state index in [2.05, 4.69) is 22.5 Å². The fourth-order valence-corrected chi connectivity index (χ4v) is 2.75. The van der Waals surface area contributed by atoms with E-state index in [9.17, 15) is 4.39 Å². The number of hydrogen-bond donors (Lipinski definition) is 2. The predicted molar refractivity (Wildman–Crippen MR) is 71.5 cm³/mol. The Morgan fingerprint density at radius 2 is 2.05 bits per heavy atom. The molecule has 3 N–H and O–H groups in total. The van der Waals surface area contributed by atoms with Gasteiger partial charge >= 0.3 is 0 Å². The van der Waals surface area contributed by atoms with Crippen LogP contribution in [0.1, 0.15) is 29.5 Å². The van der Waals surface area contributed by atoms with E-state index in [0.29, 0.717) is 17.4 Å². The maximum Gasteiger partial charge on any atom is 0.146 e. The van der Waals surface area contributed by atoms with Crippen LogP contribution in [0.2, 0.25) is 0 Å². The van der Waals surface area contributed by atoms with Gasteiger partial charge in [0.1, 0.15) is 5.82 Å². The molecule has 3 rings (SSSR count). The van der Waals surface area contributed by atoms with Gasteiger partial charge in [-0.1, -0.05) is 30.3 Å². The maximum atomic E-state index is 13.8. The monoisotopic (exact) mass is 257 g/mol. The minimum absolute atomic E-state index is 0.159. The molecule has 3 unspecified atom stereocenters. The van der Waals surface area contributed by atoms with Gasteiger partial charge in [-0.15, -0.1) is 0 Å². The Kier molecular flexibility index (Phi) is 3.27. The zero-order valence-electron chi connectivity index (χ0n) is 10.5. The third-order valence-corrected chi connectivity index (χ3v) is 3.81. The highest BCUT2D eigenvalue weighted by Crippen LogP contribution is 2.53. The fourth-order valence-electron chi connectivity index (χ4n) is 2.75. The Hall–Kier alpha value is -1.78. The summed E-state index contributed by atoms with van der Waals surface area (Å²) in [4.78, 5) is 3.77. The third kappa shape index (κ3) is 2.37. The highest BCUT2D eigenvalue weighted by molar-refractivity contribution is 5.30. The van der Waals surface area contributed by atoms with Crippen molar-refractivity contribution >= 4 is 0 Å². The molecule has 3 atom stereocenters. The Morgan fingerprint density at radius 1 is 1.26 bits per heavy atom. The normalized spacial score (nSPS) is 23.1. The molecule has 19 heavy (non-hydrogen) atoms. The van der Waals surface area contributed by atoms with Crippen LogP contribution in [0.3, 0.4) is 0 Å². The quantitative estimate of drug-likeness (QED) is 0.653. The van der Waals surface area contributed by atoms with Crippen molar-refractivity contribution in [1.82, 2.24) is 10.4 Å². The number of nitrogens with one attached hydrogen (secondary N) is 1. The van der Waals surface area contributed by atoms with Crippen LogP contribution in [0.4, 0.5) is 4.39 Å². The van der Waals surface area contributed by atoms with Gasteiger partial charge < -0.3 is 0 Å². The molecule has 4 heteroatoms. The smallest absolute Gasteiger partial charge is 0.146 e. The van der Waals surface area contributed by atoms with Crippen LogP contribution >= 0.6 is 0 Å². The van der Waals surface area contributed by atoms with E-state index >= 15 is 0 Å². The molecule has 1 aliphatic carbocycles. The molecule has 98 valence electrons. The molecule has 0 radical (unpaired) electrons. The number of hydrazine groups is 1. The van der Waals surface area contributed by atoms with Gasteiger partial charge in [-0.05, 0) is 29.9 Å². The molecule has 1 aromatic carbocycles. The number of benzene rings is 1. The van der Waals surface area contributed by atoms with Gasteiger partial charge in [0.15, 0.2) is 0 Å². The number of nitrogens with two attached hydrogens (primary N) is 1. The molecule has 0 spiro atoms. The zero-order chi connectivity index (χ0) is 13.2. The van der Waals surface area contributed by atoms with Gasteiger partial charge in [0.05, 0.1) is 12.2 Å². The molecule has 0 amide bonds. The lowest BCUT2D eigenvalue weighted by molar-refractivity contribution is 0.460. The first-order valence-corrected chi connectivity index (χ1v) is 6.41. The minimum Gasteiger partial charge on any atom is -0.271 e. The Bertz CT molecular complexity index is 558. The SMILES string of the molecule is NNC(c1ccncc1F)C1CC1c1ccccc1. The molecule has 1 saturated carbocycles. The Morgan fingerprint density at radius 3 is 2.74 bits per heavy atom. The number of aromatic nitrogens is 1. The third-order valence-electron chi connectivity index (χ3n) is 3.81. The van der Waals surface area contributed by atoms with Gasteiger partial charge in [-0.3, -0.25) is 16.3 Å². The average Bonchev–Trinajstić information content (AvgIpc) is 3.23. The van der Waals surface area contributed by atoms with Crippen molar-refractivity contribution in [3.63, 3.8) is 0 Å². The first-order chi connectivity index (χ1) is 9.31. The van der Waals surface area contributed by atoms with Crippen LogP contribution < -0.4 is 11.3 Å². The lowest BCUT2D eigenvalue weighted by Crippen LogP contribution is -2.30. The topological polar surface area (TPSA) is 50.9 Å². The van der Waals surface area contributed by atoms with Crippen molar-refractivity contribution in [2.24, 2.45) is 11.8 Å². The Balaban J connectivity index is 1.81. The maximum absolute atomic E-state index is 13.8. The molecule has 1 fully saturated rings. The summed E-state index contributed by atoms with van der Waals surface area (Å²) in [5.74, 6) is 6.11. The predicted octanol–water partition coefficient (Wildman–Crippen LogP) is 2.53. The summed E-state index contributed by atoms with van der Waals surface area (Å²) in [6, 6.07) is 11.8. The van der Waals surface area contributed by atoms with Crippen LogP contribution in [-0.2, 0) is 0 Å². The van der Waals surface area contributed by atoms with Crippen molar-refractivity contribution in [1.29, 1.82) is 0 Å². The molecule has 0 saturated heterocycles. The van der Waals surface area contributed by atoms with Crippen LogP contribution in [-0.4, -0.2) is 4.98 Å². The Labute approximate surface area is 111 Å². The summed E-state index contributed by atoms with van der Waals surface area (Å²) < 4.78 is 13.8. The van der Waals surface area contributed by atoms with Gasteiger partial charge in [0, 0.05) is 11.8 Å². The number of rotatable bonds is 4. The zero-order valence-corrected chi connectivity index (χ0v) is 10.5. The molecule has 1 aromatic heterocycles. The second kappa shape index (κ2) is 5.07. The average molecular weight is 257 g/mol. The molecule has 1 aliphatic rings. The molecular formula is C15H16FN3. The summed E-state index contributed by atoms with van der Waals surface area (Å²) in [5.41, 5.74) is 4.64. The van der Waals surface area contributed by atoms with E-state index in [1.165, 1.54) is 11.8 Å². The lowest BCUT2D eigenvalue weighted by atomic mass is 10.00. The second-order valence-corrected chi connectivity index (χ2v) is 4.96. The second-order valence-electron chi connectivity index (χ2n) is 4.96. The van der Waals surface area contributed by atoms with E-state index in [1.807, 2.05) is 18.2 Å². The highest BCUT2D eigenvalue weighted by atomic mass is 19.1. The first-order valence-electron chi connectivity index (χ1n) is 6.41. The molecule has 2 aromatic rings. The van der Waals surface area contributed by atoms with Crippen LogP contribution in [0.15, 0.2) is 48.8 Å². The lowest BCUT2D eigenvalue weighted by Gasteiger charge is -2.17. The summed E-state index contributed by atoms with van der Waals surface area (Å²) in [5, 5.41) is 0. The van der Waals surface area contributed by atoms with E-state index in [0.717, 1.165) is 6.42 Å². The first kappa shape index (κ1) is 12.3. The number of halogens is 1. The minimum atomic E-state index is -0.302. The number of nitrogens with zero attached hydrogens (tertiary/aromatic N) is 1. The van der Waals surface area contributed by atoms with Gasteiger partial charge in [-0.25, -0.2) is 4.39 Å². The van der Waals surface area contributed by atoms with Crippen LogP contribution in [0, 0.1) is 11.7 Å². The van der Waals surface area contributed by atoms with E-state index < -0.39 is 0 Å². The van der Waals surface area contributed by atoms with Crippen molar-refractivity contribution in [2.75, 3.05) is 0 Å². The van der Waals surface area contributed by atoms with Crippen LogP contribution in [0.25, 0.3) is 0 Å². The van der Waals surface area contributed by atoms with Gasteiger partial charge in [0.2, 0.25) is 0 Å². The van der Waals surface area contributed by atoms with E-state index in [-0.39, 0.29) is 11.9 Å². The number of hydrogen-bond acceptors (Lipinski definition) is 3. The summed E-state index contributed by atoms with van der Waals surface area (Å²) in [7, 11) is 0. The summed E-state index contributed by atoms with van der Waals surface area (Å²) >= 11 is 0. The summed E-state index contributed by atoms with van der Waals surface area (Å²) in [6.45, 7) is 0. The molecule has 0 bridgehead atoms. The van der Waals surface area contributed by atoms with Gasteiger partial charge in [0.25, 0.3) is 0 Å². The van der Waals surface area contributed by atoms with Crippen molar-refractivity contribution in [3.8, 4) is 0 Å². The van der Waals surface area contributed by atoms with Crippen molar-refractivity contribution < 1.29 is 4.39 Å². The van der Waals surface area contributed by atoms with E-state index in [4.69, 9.17) is 5.84 Å². The largest absolute Gasteiger partial charge is 0.271 e. The van der Waals surface area contributed by atoms with Crippen LogP contribution in [0.5, 0.6) is 0 Å². The van der Waals surface area contributed by atoms with Crippen molar-refractivity contribution in [3.05, 3.63) is 65.7 Å². The summed E-state index contributed by atoms with van der Waals surface area (Å²) in [6.07, 6.45) is 3.86. The van der Waals surface area contributed by atoms with Gasteiger partial charge in [-0.2, -0.15) is 0 Å². The number of pyridine rings is 1. The molecular weight excluding hydrogens is 241 g/mol. The standard InChI is InChI=1S/C15H16FN3/c16-14-9-18-7-6-11(14)15(19-17)13-8-12(13)10-4-2-1-3-5-10/h1-7,9,12-13,15,19H,8,17H2. The molecule has 1 heterocycles. The fraction of sp³-hybridized carbons (Fsp3) is 0.267. The molecule has 3 nitrogen and oxygen atoms in total. The van der Waals surface area contributed by atoms with Crippen molar-refractivity contribution in [2.45, 2.75) is 18.4 Å². The molecule has 0 aliphatic heterocycles. The highest BCUT2D eigenvalue weighted by Gasteiger charge is 2.44. The van der Waals surface area contributed by atoms with E-state index in [1.54, 1.807) is 12.3 Å².